The number of benzene rings is 2. The second-order valence-corrected chi connectivity index (χ2v) is 6.71. The normalized spacial score (nSPS) is 24.0. The van der Waals surface area contributed by atoms with Crippen molar-refractivity contribution >= 4 is 23.6 Å². The van der Waals surface area contributed by atoms with Crippen LogP contribution in [0.4, 0.5) is 5.69 Å². The summed E-state index contributed by atoms with van der Waals surface area (Å²) in [5, 5.41) is 0. The molecule has 0 saturated carbocycles. The number of carbonyl (C=O) groups is 2. The lowest BCUT2D eigenvalue weighted by molar-refractivity contribution is -0.140. The molecular formula is C22H21NO4. The maximum absolute atomic E-state index is 13.4. The highest BCUT2D eigenvalue weighted by molar-refractivity contribution is 6.33. The molecule has 2 aromatic carbocycles. The predicted octanol–water partition coefficient (Wildman–Crippen LogP) is 3.59. The Hall–Kier alpha value is -2.92. The number of hydrogen-bond acceptors (Lipinski definition) is 4. The maximum atomic E-state index is 13.4. The SMILES string of the molecule is COc1ccccc1/C=C1/C(=O)N(c2ccccc2)C(=O)C12CCCCO2. The van der Waals surface area contributed by atoms with Crippen LogP contribution < -0.4 is 9.64 Å². The lowest BCUT2D eigenvalue weighted by Gasteiger charge is -2.32. The molecule has 4 rings (SSSR count). The van der Waals surface area contributed by atoms with Crippen LogP contribution in [-0.4, -0.2) is 31.1 Å². The Bertz CT molecular complexity index is 898. The van der Waals surface area contributed by atoms with E-state index in [9.17, 15) is 9.59 Å². The van der Waals surface area contributed by atoms with Crippen molar-refractivity contribution in [2.75, 3.05) is 18.6 Å². The van der Waals surface area contributed by atoms with Gasteiger partial charge in [0.2, 0.25) is 0 Å². The van der Waals surface area contributed by atoms with Gasteiger partial charge < -0.3 is 9.47 Å². The molecule has 2 aromatic rings. The number of carbonyl (C=O) groups excluding carboxylic acids is 2. The highest BCUT2D eigenvalue weighted by atomic mass is 16.5. The van der Waals surface area contributed by atoms with Gasteiger partial charge in [0, 0.05) is 12.2 Å². The van der Waals surface area contributed by atoms with E-state index in [0.717, 1.165) is 18.4 Å². The molecule has 2 saturated heterocycles. The quantitative estimate of drug-likeness (QED) is 0.618. The average Bonchev–Trinajstić information content (AvgIpc) is 2.91. The second kappa shape index (κ2) is 7.00. The van der Waals surface area contributed by atoms with Crippen LogP contribution in [0.1, 0.15) is 24.8 Å². The molecule has 2 fully saturated rings. The molecule has 138 valence electrons. The van der Waals surface area contributed by atoms with Crippen LogP contribution in [0, 0.1) is 0 Å². The molecule has 5 heteroatoms. The summed E-state index contributed by atoms with van der Waals surface area (Å²) >= 11 is 0. The molecule has 2 aliphatic heterocycles. The summed E-state index contributed by atoms with van der Waals surface area (Å²) in [6.07, 6.45) is 3.97. The maximum Gasteiger partial charge on any atom is 0.271 e. The lowest BCUT2D eigenvalue weighted by atomic mass is 9.86. The summed E-state index contributed by atoms with van der Waals surface area (Å²) in [5.41, 5.74) is 0.469. The highest BCUT2D eigenvalue weighted by Gasteiger charge is 2.57. The van der Waals surface area contributed by atoms with Crippen LogP contribution in [0.5, 0.6) is 5.75 Å². The molecule has 27 heavy (non-hydrogen) atoms. The van der Waals surface area contributed by atoms with Crippen LogP contribution in [0.25, 0.3) is 6.08 Å². The van der Waals surface area contributed by atoms with E-state index in [0.29, 0.717) is 30.0 Å². The first-order valence-electron chi connectivity index (χ1n) is 9.10. The Morgan fingerprint density at radius 3 is 2.48 bits per heavy atom. The van der Waals surface area contributed by atoms with Gasteiger partial charge in [-0.2, -0.15) is 0 Å². The molecule has 0 radical (unpaired) electrons. The summed E-state index contributed by atoms with van der Waals surface area (Å²) < 4.78 is 11.4. The Morgan fingerprint density at radius 1 is 1.04 bits per heavy atom. The molecule has 2 heterocycles. The Balaban J connectivity index is 1.86. The summed E-state index contributed by atoms with van der Waals surface area (Å²) in [7, 11) is 1.59. The number of hydrogen-bond donors (Lipinski definition) is 0. The zero-order valence-corrected chi connectivity index (χ0v) is 15.2. The summed E-state index contributed by atoms with van der Waals surface area (Å²) in [6, 6.07) is 16.4. The molecule has 1 spiro atoms. The molecule has 2 aliphatic rings. The van der Waals surface area contributed by atoms with Crippen LogP contribution in [0.2, 0.25) is 0 Å². The van der Waals surface area contributed by atoms with E-state index in [-0.39, 0.29) is 11.8 Å². The van der Waals surface area contributed by atoms with Gasteiger partial charge in [-0.1, -0.05) is 36.4 Å². The van der Waals surface area contributed by atoms with E-state index in [2.05, 4.69) is 0 Å². The summed E-state index contributed by atoms with van der Waals surface area (Å²) in [6.45, 7) is 0.463. The van der Waals surface area contributed by atoms with Crippen LogP contribution in [-0.2, 0) is 14.3 Å². The number of amides is 2. The number of para-hydroxylation sites is 2. The fourth-order valence-electron chi connectivity index (χ4n) is 3.79. The van der Waals surface area contributed by atoms with Crippen molar-refractivity contribution in [1.82, 2.24) is 0 Å². The molecule has 1 atom stereocenters. The van der Waals surface area contributed by atoms with E-state index < -0.39 is 5.60 Å². The number of imide groups is 1. The number of ether oxygens (including phenoxy) is 2. The molecule has 0 bridgehead atoms. The van der Waals surface area contributed by atoms with Gasteiger partial charge in [0.25, 0.3) is 11.8 Å². The van der Waals surface area contributed by atoms with Crippen molar-refractivity contribution < 1.29 is 19.1 Å². The third-order valence-corrected chi connectivity index (χ3v) is 5.14. The van der Waals surface area contributed by atoms with E-state index in [1.54, 1.807) is 25.3 Å². The Labute approximate surface area is 158 Å². The van der Waals surface area contributed by atoms with Gasteiger partial charge in [0.05, 0.1) is 18.4 Å². The Kier molecular flexibility index (Phi) is 4.54. The third kappa shape index (κ3) is 2.84. The fourth-order valence-corrected chi connectivity index (χ4v) is 3.79. The lowest BCUT2D eigenvalue weighted by Crippen LogP contribution is -2.45. The molecule has 0 N–H and O–H groups in total. The average molecular weight is 363 g/mol. The van der Waals surface area contributed by atoms with E-state index in [1.165, 1.54) is 4.90 Å². The molecule has 5 nitrogen and oxygen atoms in total. The zero-order valence-electron chi connectivity index (χ0n) is 15.2. The topological polar surface area (TPSA) is 55.8 Å². The number of anilines is 1. The van der Waals surface area contributed by atoms with Gasteiger partial charge in [-0.25, -0.2) is 4.90 Å². The first-order chi connectivity index (χ1) is 13.2. The van der Waals surface area contributed by atoms with Crippen LogP contribution in [0.15, 0.2) is 60.2 Å². The van der Waals surface area contributed by atoms with E-state index in [1.807, 2.05) is 42.5 Å². The van der Waals surface area contributed by atoms with Crippen molar-refractivity contribution in [3.63, 3.8) is 0 Å². The standard InChI is InChI=1S/C22H21NO4/c1-26-19-12-6-5-9-16(19)15-18-20(24)23(17-10-3-2-4-11-17)21(25)22(18)13-7-8-14-27-22/h2-6,9-12,15H,7-8,13-14H2,1H3/b18-15-. The predicted molar refractivity (Wildman–Crippen MR) is 102 cm³/mol. The number of nitrogens with zero attached hydrogens (tertiary/aromatic N) is 1. The van der Waals surface area contributed by atoms with E-state index >= 15 is 0 Å². The largest absolute Gasteiger partial charge is 0.496 e. The number of methoxy groups -OCH3 is 1. The minimum Gasteiger partial charge on any atom is -0.496 e. The molecule has 0 aromatic heterocycles. The number of rotatable bonds is 3. The first kappa shape index (κ1) is 17.5. The van der Waals surface area contributed by atoms with Gasteiger partial charge in [0.15, 0.2) is 5.60 Å². The summed E-state index contributed by atoms with van der Waals surface area (Å²) in [5.74, 6) is 0.00734. The summed E-state index contributed by atoms with van der Waals surface area (Å²) in [4.78, 5) is 27.9. The Morgan fingerprint density at radius 2 is 1.78 bits per heavy atom. The fraction of sp³-hybridized carbons (Fsp3) is 0.273. The van der Waals surface area contributed by atoms with Gasteiger partial charge in [-0.15, -0.1) is 0 Å². The highest BCUT2D eigenvalue weighted by Crippen LogP contribution is 2.43. The van der Waals surface area contributed by atoms with Gasteiger partial charge in [0.1, 0.15) is 5.75 Å². The van der Waals surface area contributed by atoms with Crippen LogP contribution in [0.3, 0.4) is 0 Å². The monoisotopic (exact) mass is 363 g/mol. The zero-order chi connectivity index (χ0) is 18.9. The van der Waals surface area contributed by atoms with Crippen LogP contribution >= 0.6 is 0 Å². The molecular weight excluding hydrogens is 342 g/mol. The van der Waals surface area contributed by atoms with Crippen molar-refractivity contribution in [1.29, 1.82) is 0 Å². The minimum atomic E-state index is -1.22. The third-order valence-electron chi connectivity index (χ3n) is 5.14. The van der Waals surface area contributed by atoms with Gasteiger partial charge in [-0.05, 0) is 43.5 Å². The first-order valence-corrected chi connectivity index (χ1v) is 9.10. The van der Waals surface area contributed by atoms with Crippen molar-refractivity contribution in [2.45, 2.75) is 24.9 Å². The second-order valence-electron chi connectivity index (χ2n) is 6.71. The molecule has 2 amide bonds. The molecule has 0 aliphatic carbocycles. The van der Waals surface area contributed by atoms with Gasteiger partial charge in [-0.3, -0.25) is 9.59 Å². The van der Waals surface area contributed by atoms with Gasteiger partial charge >= 0.3 is 0 Å². The smallest absolute Gasteiger partial charge is 0.271 e. The molecule has 1 unspecified atom stereocenters. The van der Waals surface area contributed by atoms with Crippen molar-refractivity contribution in [3.8, 4) is 5.75 Å². The van der Waals surface area contributed by atoms with Crippen molar-refractivity contribution in [2.24, 2.45) is 0 Å². The van der Waals surface area contributed by atoms with E-state index in [4.69, 9.17) is 9.47 Å². The van der Waals surface area contributed by atoms with Crippen molar-refractivity contribution in [3.05, 3.63) is 65.7 Å². The minimum absolute atomic E-state index is 0.306.